The molecule has 75 heavy (non-hydrogen) atoms. The number of carbonyl (C=O) groups excluding carboxylic acids is 4. The summed E-state index contributed by atoms with van der Waals surface area (Å²) >= 11 is 0. The maximum Gasteiger partial charge on any atom is 0.343 e. The van der Waals surface area contributed by atoms with E-state index in [2.05, 4.69) is 30.1 Å². The zero-order valence-electron chi connectivity index (χ0n) is 45.7. The quantitative estimate of drug-likeness (QED) is 0.0107. The van der Waals surface area contributed by atoms with Crippen LogP contribution in [0.25, 0.3) is 6.08 Å². The van der Waals surface area contributed by atoms with E-state index < -0.39 is 22.8 Å². The van der Waals surface area contributed by atoms with E-state index in [1.807, 2.05) is 77.1 Å². The number of esters is 4. The molecule has 0 aliphatic rings. The van der Waals surface area contributed by atoms with Crippen molar-refractivity contribution in [3.05, 3.63) is 119 Å². The summed E-state index contributed by atoms with van der Waals surface area (Å²) in [5, 5.41) is 17.3. The molecule has 0 aromatic heterocycles. The lowest BCUT2D eigenvalue weighted by Gasteiger charge is -2.33. The number of hydrogen-bond donors (Lipinski definition) is 0. The number of hydrogen-bond acceptors (Lipinski definition) is 13. The highest BCUT2D eigenvalue weighted by Gasteiger charge is 2.43. The molecule has 0 amide bonds. The fraction of sp³-hybridized carbons (Fsp3) is 0.500. The van der Waals surface area contributed by atoms with Gasteiger partial charge < -0.3 is 28.4 Å². The number of rotatable bonds is 35. The zero-order chi connectivity index (χ0) is 54.3. The lowest BCUT2D eigenvalue weighted by Crippen LogP contribution is -2.38. The van der Waals surface area contributed by atoms with E-state index in [0.717, 1.165) is 129 Å². The molecule has 0 bridgehead atoms. The maximum atomic E-state index is 13.3. The third-order valence-corrected chi connectivity index (χ3v) is 12.9. The molecule has 0 aliphatic carbocycles. The van der Waals surface area contributed by atoms with Crippen LogP contribution in [0.15, 0.2) is 101 Å². The molecular weight excluding hydrogens is 947 g/mol. The molecule has 0 spiro atoms. The molecule has 13 heteroatoms. The summed E-state index contributed by atoms with van der Waals surface area (Å²) in [4.78, 5) is 51.0. The Morgan fingerprint density at radius 3 is 1.61 bits per heavy atom. The van der Waals surface area contributed by atoms with Crippen LogP contribution in [0, 0.1) is 42.9 Å². The third-order valence-electron chi connectivity index (χ3n) is 12.9. The fourth-order valence-electron chi connectivity index (χ4n) is 8.52. The molecule has 0 heterocycles. The molecule has 0 radical (unpaired) electrons. The first-order chi connectivity index (χ1) is 36.1. The first kappa shape index (κ1) is 60.7. The molecule has 13 nitrogen and oxygen atoms in total. The number of carbonyl (C=O) groups is 4. The number of azo groups is 1. The normalized spacial score (nSPS) is 12.2. The topological polar surface area (TPSA) is 172 Å². The van der Waals surface area contributed by atoms with E-state index in [1.54, 1.807) is 48.5 Å². The number of benzene rings is 4. The molecule has 1 atom stereocenters. The molecular formula is C62H81N3O10. The lowest BCUT2D eigenvalue weighted by molar-refractivity contribution is -0.163. The number of nitriles is 1. The van der Waals surface area contributed by atoms with Gasteiger partial charge in [0.05, 0.1) is 66.7 Å². The lowest BCUT2D eigenvalue weighted by atomic mass is 9.72. The number of unbranched alkanes of at least 4 members (excludes halogenated alkanes) is 12. The minimum atomic E-state index is -0.818. The van der Waals surface area contributed by atoms with E-state index in [9.17, 15) is 19.2 Å². The molecule has 0 N–H and O–H groups in total. The summed E-state index contributed by atoms with van der Waals surface area (Å²) in [7, 11) is 0. The summed E-state index contributed by atoms with van der Waals surface area (Å²) in [6.07, 6.45) is 18.2. The van der Waals surface area contributed by atoms with Crippen molar-refractivity contribution in [2.75, 3.05) is 33.0 Å². The molecule has 404 valence electrons. The molecule has 4 aromatic rings. The van der Waals surface area contributed by atoms with Gasteiger partial charge in [-0.1, -0.05) is 83.3 Å². The summed E-state index contributed by atoms with van der Waals surface area (Å²) in [6, 6.07) is 27.8. The van der Waals surface area contributed by atoms with Crippen molar-refractivity contribution in [1.29, 1.82) is 5.26 Å². The highest BCUT2D eigenvalue weighted by molar-refractivity contribution is 5.91. The van der Waals surface area contributed by atoms with Gasteiger partial charge in [-0.2, -0.15) is 15.5 Å². The van der Waals surface area contributed by atoms with Crippen LogP contribution in [-0.2, 0) is 28.6 Å². The van der Waals surface area contributed by atoms with Gasteiger partial charge in [0.2, 0.25) is 0 Å². The molecule has 0 saturated heterocycles. The van der Waals surface area contributed by atoms with Gasteiger partial charge in [0.1, 0.15) is 23.9 Å². The third kappa shape index (κ3) is 23.5. The van der Waals surface area contributed by atoms with Gasteiger partial charge in [0, 0.05) is 6.08 Å². The van der Waals surface area contributed by atoms with Gasteiger partial charge in [-0.25, -0.2) is 9.59 Å². The molecule has 4 aromatic carbocycles. The van der Waals surface area contributed by atoms with Crippen LogP contribution in [-0.4, -0.2) is 56.9 Å². The summed E-state index contributed by atoms with van der Waals surface area (Å²) in [6.45, 7) is 15.5. The van der Waals surface area contributed by atoms with Crippen molar-refractivity contribution in [3.63, 3.8) is 0 Å². The minimum Gasteiger partial charge on any atom is -0.494 e. The van der Waals surface area contributed by atoms with Gasteiger partial charge in [-0.05, 0) is 181 Å². The highest BCUT2D eigenvalue weighted by atomic mass is 16.5. The van der Waals surface area contributed by atoms with Crippen LogP contribution in [0.3, 0.4) is 0 Å². The highest BCUT2D eigenvalue weighted by Crippen LogP contribution is 2.39. The Morgan fingerprint density at radius 1 is 0.573 bits per heavy atom. The average molecular weight is 1030 g/mol. The Balaban J connectivity index is 0.967. The van der Waals surface area contributed by atoms with E-state index >= 15 is 0 Å². The van der Waals surface area contributed by atoms with E-state index in [0.29, 0.717) is 56.3 Å². The Hall–Kier alpha value is -6.81. The van der Waals surface area contributed by atoms with Gasteiger partial charge in [0.25, 0.3) is 0 Å². The van der Waals surface area contributed by atoms with Crippen molar-refractivity contribution >= 4 is 41.3 Å². The van der Waals surface area contributed by atoms with Crippen molar-refractivity contribution in [3.8, 4) is 23.3 Å². The van der Waals surface area contributed by atoms with Crippen LogP contribution >= 0.6 is 0 Å². The van der Waals surface area contributed by atoms with Gasteiger partial charge >= 0.3 is 23.9 Å². The van der Waals surface area contributed by atoms with Crippen molar-refractivity contribution in [2.24, 2.45) is 21.1 Å². The van der Waals surface area contributed by atoms with Gasteiger partial charge in [-0.3, -0.25) is 9.59 Å². The van der Waals surface area contributed by atoms with Crippen LogP contribution in [0.4, 0.5) is 11.4 Å². The number of ether oxygens (including phenoxy) is 6. The Kier molecular flexibility index (Phi) is 26.9. The average Bonchev–Trinajstić information content (AvgIpc) is 3.38. The molecule has 0 aliphatic heterocycles. The molecule has 1 unspecified atom stereocenters. The summed E-state index contributed by atoms with van der Waals surface area (Å²) in [5.41, 5.74) is 4.24. The Morgan fingerprint density at radius 2 is 1.08 bits per heavy atom. The van der Waals surface area contributed by atoms with Crippen molar-refractivity contribution in [1.82, 2.24) is 0 Å². The minimum absolute atomic E-state index is 0.0473. The van der Waals surface area contributed by atoms with E-state index in [1.165, 1.54) is 6.08 Å². The first-order valence-corrected chi connectivity index (χ1v) is 27.0. The maximum absolute atomic E-state index is 13.3. The van der Waals surface area contributed by atoms with Gasteiger partial charge in [-0.15, -0.1) is 0 Å². The molecule has 0 fully saturated rings. The predicted molar refractivity (Wildman–Crippen MR) is 294 cm³/mol. The monoisotopic (exact) mass is 1030 g/mol. The second kappa shape index (κ2) is 33.2. The van der Waals surface area contributed by atoms with E-state index in [4.69, 9.17) is 33.7 Å². The smallest absolute Gasteiger partial charge is 0.343 e. The largest absolute Gasteiger partial charge is 0.494 e. The zero-order valence-corrected chi connectivity index (χ0v) is 45.7. The standard InChI is InChI=1S/C62H81N3O10/c1-8-62(7,60(69)74-40-22-18-14-13-16-20-38-71-55-32-28-52(29-33-55)64-65-53-43-47(2)42-48(3)44-53)46-61(5,6)59(68)73-39-21-17-12-10-9-11-15-19-37-70-54-30-26-51(27-31-54)58(67)75-56-34-24-50(45-49(56)4)25-35-57(66)72-41-23-36-63/h24-35,42-45H,8-23,37-41,46H2,1-7H3/b35-25+,65-64?. The van der Waals surface area contributed by atoms with Crippen LogP contribution < -0.4 is 14.2 Å². The predicted octanol–water partition coefficient (Wildman–Crippen LogP) is 15.6. The SMILES string of the molecule is CCC(C)(CC(C)(C)C(=O)OCCCCCCCCCCOc1ccc(C(=O)Oc2ccc(/C=C/C(=O)OCCC#N)cc2C)cc1)C(=O)OCCCCCCCCOc1ccc(N=Nc2cc(C)cc(C)c2)cc1. The van der Waals surface area contributed by atoms with Crippen molar-refractivity contribution in [2.45, 2.75) is 158 Å². The van der Waals surface area contributed by atoms with Crippen LogP contribution in [0.1, 0.15) is 169 Å². The Labute approximate surface area is 446 Å². The molecule has 0 saturated carbocycles. The number of nitrogens with zero attached hydrogens (tertiary/aromatic N) is 3. The molecule has 4 rings (SSSR count). The van der Waals surface area contributed by atoms with Crippen molar-refractivity contribution < 1.29 is 47.6 Å². The summed E-state index contributed by atoms with van der Waals surface area (Å²) < 4.78 is 33.8. The van der Waals surface area contributed by atoms with Gasteiger partial charge in [0.15, 0.2) is 0 Å². The second-order valence-corrected chi connectivity index (χ2v) is 20.3. The Bertz CT molecular complexity index is 2470. The van der Waals surface area contributed by atoms with Crippen LogP contribution in [0.2, 0.25) is 0 Å². The second-order valence-electron chi connectivity index (χ2n) is 20.3. The number of aryl methyl sites for hydroxylation is 3. The summed E-state index contributed by atoms with van der Waals surface area (Å²) in [5.74, 6) is 0.386. The van der Waals surface area contributed by atoms with Crippen LogP contribution in [0.5, 0.6) is 17.2 Å². The fourth-order valence-corrected chi connectivity index (χ4v) is 8.52. The van der Waals surface area contributed by atoms with E-state index in [-0.39, 0.29) is 25.0 Å². The first-order valence-electron chi connectivity index (χ1n) is 27.0.